The van der Waals surface area contributed by atoms with E-state index in [1.54, 1.807) is 9.82 Å². The third-order valence-corrected chi connectivity index (χ3v) is 8.49. The number of sulfonamides is 1. The van der Waals surface area contributed by atoms with E-state index in [4.69, 9.17) is 4.42 Å². The summed E-state index contributed by atoms with van der Waals surface area (Å²) < 4.78 is 33.6. The molecule has 0 N–H and O–H groups in total. The predicted octanol–water partition coefficient (Wildman–Crippen LogP) is 3.30. The van der Waals surface area contributed by atoms with Gasteiger partial charge in [-0.1, -0.05) is 19.3 Å². The highest BCUT2D eigenvalue weighted by molar-refractivity contribution is 7.89. The molecule has 2 aromatic rings. The van der Waals surface area contributed by atoms with Crippen molar-refractivity contribution in [3.8, 4) is 10.8 Å². The normalized spacial score (nSPS) is 23.3. The quantitative estimate of drug-likeness (QED) is 0.806. The van der Waals surface area contributed by atoms with Crippen LogP contribution in [0.1, 0.15) is 62.6 Å². The summed E-state index contributed by atoms with van der Waals surface area (Å²) in [4.78, 5) is 5.05. The molecule has 2 aromatic heterocycles. The molecule has 0 spiro atoms. The first-order valence-electron chi connectivity index (χ1n) is 8.82. The van der Waals surface area contributed by atoms with Crippen LogP contribution in [0.2, 0.25) is 0 Å². The number of hydrogen-bond acceptors (Lipinski definition) is 7. The Morgan fingerprint density at radius 3 is 2.68 bits per heavy atom. The summed E-state index contributed by atoms with van der Waals surface area (Å²) in [5.41, 5.74) is 2.59. The molecule has 2 aliphatic rings. The van der Waals surface area contributed by atoms with Gasteiger partial charge in [0.15, 0.2) is 0 Å². The molecular formula is C16H22N4O3S2. The van der Waals surface area contributed by atoms with Crippen molar-refractivity contribution >= 4 is 21.4 Å². The van der Waals surface area contributed by atoms with Gasteiger partial charge in [0.1, 0.15) is 10.9 Å². The van der Waals surface area contributed by atoms with E-state index in [0.717, 1.165) is 55.5 Å². The molecule has 1 saturated heterocycles. The Hall–Kier alpha value is -1.32. The summed E-state index contributed by atoms with van der Waals surface area (Å²) >= 11 is 1.45. The van der Waals surface area contributed by atoms with Crippen LogP contribution in [-0.4, -0.2) is 39.7 Å². The van der Waals surface area contributed by atoms with Gasteiger partial charge in [0.25, 0.3) is 5.89 Å². The summed E-state index contributed by atoms with van der Waals surface area (Å²) in [6.45, 7) is 2.44. The molecule has 1 saturated carbocycles. The van der Waals surface area contributed by atoms with Crippen LogP contribution in [0.5, 0.6) is 0 Å². The summed E-state index contributed by atoms with van der Waals surface area (Å²) in [5, 5.41) is 8.03. The fraction of sp³-hybridized carbons (Fsp3) is 0.688. The molecule has 0 aromatic carbocycles. The molecule has 0 bridgehead atoms. The van der Waals surface area contributed by atoms with Gasteiger partial charge in [-0.05, 0) is 32.6 Å². The molecule has 4 rings (SSSR count). The van der Waals surface area contributed by atoms with Gasteiger partial charge >= 0.3 is 0 Å². The van der Waals surface area contributed by atoms with E-state index in [1.165, 1.54) is 11.3 Å². The smallest absolute Gasteiger partial charge is 0.259 e. The maximum atomic E-state index is 13.1. The number of thiazole rings is 1. The minimum Gasteiger partial charge on any atom is -0.418 e. The highest BCUT2D eigenvalue weighted by Crippen LogP contribution is 2.38. The molecule has 136 valence electrons. The molecule has 9 heteroatoms. The Bertz CT molecular complexity index is 839. The van der Waals surface area contributed by atoms with Crippen LogP contribution in [0, 0.1) is 6.92 Å². The van der Waals surface area contributed by atoms with E-state index in [1.807, 2.05) is 6.92 Å². The second kappa shape index (κ2) is 6.77. The van der Waals surface area contributed by atoms with Gasteiger partial charge in [0.05, 0.1) is 16.5 Å². The van der Waals surface area contributed by atoms with Crippen molar-refractivity contribution in [1.29, 1.82) is 0 Å². The molecule has 0 unspecified atom stereocenters. The zero-order chi connectivity index (χ0) is 17.4. The monoisotopic (exact) mass is 382 g/mol. The lowest BCUT2D eigenvalue weighted by Gasteiger charge is -2.29. The highest BCUT2D eigenvalue weighted by atomic mass is 32.2. The third kappa shape index (κ3) is 3.13. The second-order valence-corrected chi connectivity index (χ2v) is 9.81. The summed E-state index contributed by atoms with van der Waals surface area (Å²) in [6.07, 6.45) is 6.22. The minimum atomic E-state index is -3.32. The molecule has 0 radical (unpaired) electrons. The average Bonchev–Trinajstić information content (AvgIpc) is 3.35. The molecule has 1 aliphatic carbocycles. The van der Waals surface area contributed by atoms with E-state index in [0.29, 0.717) is 18.3 Å². The van der Waals surface area contributed by atoms with Crippen LogP contribution in [0.4, 0.5) is 0 Å². The molecule has 1 aliphatic heterocycles. The van der Waals surface area contributed by atoms with E-state index in [2.05, 4.69) is 15.2 Å². The van der Waals surface area contributed by atoms with Gasteiger partial charge in [-0.2, -0.15) is 4.31 Å². The van der Waals surface area contributed by atoms with E-state index >= 15 is 0 Å². The second-order valence-electron chi connectivity index (χ2n) is 6.79. The Kier molecular flexibility index (Phi) is 4.63. The van der Waals surface area contributed by atoms with Gasteiger partial charge in [-0.25, -0.2) is 13.4 Å². The van der Waals surface area contributed by atoms with Crippen LogP contribution in [0.15, 0.2) is 9.93 Å². The van der Waals surface area contributed by atoms with Crippen LogP contribution < -0.4 is 0 Å². The first kappa shape index (κ1) is 17.1. The molecule has 2 fully saturated rings. The Labute approximate surface area is 151 Å². The molecule has 25 heavy (non-hydrogen) atoms. The number of hydrogen-bond donors (Lipinski definition) is 0. The van der Waals surface area contributed by atoms with Gasteiger partial charge in [-0.3, -0.25) is 0 Å². The number of aromatic nitrogens is 3. The fourth-order valence-electron chi connectivity index (χ4n) is 3.81. The standard InChI is InChI=1S/C16H22N4O3S2/c1-11-14(24-10-17-11)16-19-18-15(23-16)13-8-5-9-20(13)25(21,22)12-6-3-2-4-7-12/h10,12-13H,2-9H2,1H3/t13-/m1/s1. The molecule has 0 amide bonds. The largest absolute Gasteiger partial charge is 0.418 e. The average molecular weight is 383 g/mol. The van der Waals surface area contributed by atoms with Crippen molar-refractivity contribution in [2.24, 2.45) is 0 Å². The molecule has 7 nitrogen and oxygen atoms in total. The van der Waals surface area contributed by atoms with Crippen molar-refractivity contribution in [3.05, 3.63) is 17.1 Å². The van der Waals surface area contributed by atoms with Gasteiger partial charge in [-0.15, -0.1) is 21.5 Å². The lowest BCUT2D eigenvalue weighted by atomic mass is 10.0. The number of nitrogens with zero attached hydrogens (tertiary/aromatic N) is 4. The van der Waals surface area contributed by atoms with Crippen LogP contribution in [0.25, 0.3) is 10.8 Å². The number of aryl methyl sites for hydroxylation is 1. The van der Waals surface area contributed by atoms with Gasteiger partial charge in [0, 0.05) is 6.54 Å². The van der Waals surface area contributed by atoms with E-state index in [-0.39, 0.29) is 11.3 Å². The van der Waals surface area contributed by atoms with Gasteiger partial charge in [0.2, 0.25) is 15.9 Å². The van der Waals surface area contributed by atoms with Crippen molar-refractivity contribution in [1.82, 2.24) is 19.5 Å². The predicted molar refractivity (Wildman–Crippen MR) is 94.6 cm³/mol. The first-order valence-corrected chi connectivity index (χ1v) is 11.2. The number of rotatable bonds is 4. The van der Waals surface area contributed by atoms with Crippen LogP contribution in [0.3, 0.4) is 0 Å². The van der Waals surface area contributed by atoms with Crippen LogP contribution >= 0.6 is 11.3 Å². The minimum absolute atomic E-state index is 0.256. The lowest BCUT2D eigenvalue weighted by molar-refractivity contribution is 0.323. The Morgan fingerprint density at radius 2 is 1.96 bits per heavy atom. The Balaban J connectivity index is 1.60. The summed E-state index contributed by atoms with van der Waals surface area (Å²) in [6, 6.07) is -0.332. The molecular weight excluding hydrogens is 360 g/mol. The van der Waals surface area contributed by atoms with Crippen molar-refractivity contribution in [2.45, 2.75) is 63.2 Å². The van der Waals surface area contributed by atoms with Crippen molar-refractivity contribution in [3.63, 3.8) is 0 Å². The zero-order valence-electron chi connectivity index (χ0n) is 14.2. The topological polar surface area (TPSA) is 89.2 Å². The van der Waals surface area contributed by atoms with E-state index in [9.17, 15) is 8.42 Å². The molecule has 1 atom stereocenters. The Morgan fingerprint density at radius 1 is 1.16 bits per heavy atom. The van der Waals surface area contributed by atoms with Gasteiger partial charge < -0.3 is 4.42 Å². The van der Waals surface area contributed by atoms with E-state index < -0.39 is 10.0 Å². The third-order valence-electron chi connectivity index (χ3n) is 5.17. The summed E-state index contributed by atoms with van der Waals surface area (Å²) in [7, 11) is -3.32. The maximum absolute atomic E-state index is 13.1. The molecule has 3 heterocycles. The first-order chi connectivity index (χ1) is 12.1. The van der Waals surface area contributed by atoms with Crippen LogP contribution in [-0.2, 0) is 10.0 Å². The van der Waals surface area contributed by atoms with Crippen molar-refractivity contribution in [2.75, 3.05) is 6.54 Å². The summed E-state index contributed by atoms with van der Waals surface area (Å²) in [5.74, 6) is 0.830. The fourth-order valence-corrected chi connectivity index (χ4v) is 6.78. The maximum Gasteiger partial charge on any atom is 0.259 e. The highest BCUT2D eigenvalue weighted by Gasteiger charge is 2.42. The SMILES string of the molecule is Cc1ncsc1-c1nnc([C@H]2CCCN2S(=O)(=O)C2CCCCC2)o1. The lowest BCUT2D eigenvalue weighted by Crippen LogP contribution is -2.39. The van der Waals surface area contributed by atoms with Crippen molar-refractivity contribution < 1.29 is 12.8 Å². The zero-order valence-corrected chi connectivity index (χ0v) is 15.9.